The summed E-state index contributed by atoms with van der Waals surface area (Å²) < 4.78 is 5.83. The Morgan fingerprint density at radius 1 is 1.03 bits per heavy atom. The van der Waals surface area contributed by atoms with E-state index < -0.39 is 6.04 Å². The maximum Gasteiger partial charge on any atom is 0.261 e. The zero-order valence-electron chi connectivity index (χ0n) is 19.0. The lowest BCUT2D eigenvalue weighted by atomic mass is 10.1. The van der Waals surface area contributed by atoms with E-state index in [0.29, 0.717) is 12.3 Å². The van der Waals surface area contributed by atoms with Crippen LogP contribution in [0.25, 0.3) is 0 Å². The van der Waals surface area contributed by atoms with Gasteiger partial charge in [0.15, 0.2) is 6.61 Å². The van der Waals surface area contributed by atoms with Gasteiger partial charge in [0, 0.05) is 12.6 Å². The summed E-state index contributed by atoms with van der Waals surface area (Å²) in [4.78, 5) is 27.5. The minimum Gasteiger partial charge on any atom is -0.483 e. The zero-order chi connectivity index (χ0) is 22.3. The molecule has 0 spiro atoms. The van der Waals surface area contributed by atoms with Crippen molar-refractivity contribution in [2.45, 2.75) is 66.6 Å². The lowest BCUT2D eigenvalue weighted by molar-refractivity contribution is -0.142. The highest BCUT2D eigenvalue weighted by atomic mass is 16.5. The van der Waals surface area contributed by atoms with Crippen LogP contribution >= 0.6 is 0 Å². The molecular weight excluding hydrogens is 376 g/mol. The number of nitrogens with zero attached hydrogens (tertiary/aromatic N) is 1. The largest absolute Gasteiger partial charge is 0.483 e. The highest BCUT2D eigenvalue weighted by Crippen LogP contribution is 2.20. The predicted molar refractivity (Wildman–Crippen MR) is 120 cm³/mol. The number of carbonyl (C=O) groups excluding carboxylic acids is 2. The van der Waals surface area contributed by atoms with Crippen molar-refractivity contribution in [3.63, 3.8) is 0 Å². The molecule has 0 aliphatic carbocycles. The summed E-state index contributed by atoms with van der Waals surface area (Å²) in [5, 5.41) is 2.98. The first-order valence-electron chi connectivity index (χ1n) is 10.6. The first kappa shape index (κ1) is 23.5. The molecule has 2 amide bonds. The summed E-state index contributed by atoms with van der Waals surface area (Å²) in [5.74, 6) is 0.317. The number of benzene rings is 2. The number of carbonyl (C=O) groups is 2. The highest BCUT2D eigenvalue weighted by molar-refractivity contribution is 5.88. The van der Waals surface area contributed by atoms with Gasteiger partial charge in [0.1, 0.15) is 11.8 Å². The van der Waals surface area contributed by atoms with Crippen molar-refractivity contribution < 1.29 is 14.3 Å². The van der Waals surface area contributed by atoms with E-state index in [4.69, 9.17) is 4.74 Å². The molecule has 2 atom stereocenters. The Balaban J connectivity index is 2.19. The molecule has 30 heavy (non-hydrogen) atoms. The van der Waals surface area contributed by atoms with Crippen molar-refractivity contribution in [1.29, 1.82) is 0 Å². The fourth-order valence-electron chi connectivity index (χ4n) is 3.14. The molecule has 0 saturated heterocycles. The third kappa shape index (κ3) is 6.61. The smallest absolute Gasteiger partial charge is 0.261 e. The van der Waals surface area contributed by atoms with E-state index >= 15 is 0 Å². The van der Waals surface area contributed by atoms with Crippen molar-refractivity contribution in [2.24, 2.45) is 0 Å². The Labute approximate surface area is 180 Å². The molecule has 0 fully saturated rings. The summed E-state index contributed by atoms with van der Waals surface area (Å²) in [6.07, 6.45) is 0.833. The molecule has 0 unspecified atom stereocenters. The van der Waals surface area contributed by atoms with Crippen LogP contribution in [0.5, 0.6) is 5.75 Å². The number of aryl methyl sites for hydroxylation is 3. The Morgan fingerprint density at radius 3 is 2.40 bits per heavy atom. The second kappa shape index (κ2) is 10.8. The fourth-order valence-corrected chi connectivity index (χ4v) is 3.14. The maximum absolute atomic E-state index is 13.1. The Hall–Kier alpha value is -2.82. The molecule has 5 heteroatoms. The molecule has 1 N–H and O–H groups in total. The Bertz CT molecular complexity index is 878. The predicted octanol–water partition coefficient (Wildman–Crippen LogP) is 4.32. The van der Waals surface area contributed by atoms with Crippen LogP contribution in [0.15, 0.2) is 42.5 Å². The second-order valence-electron chi connectivity index (χ2n) is 8.06. The van der Waals surface area contributed by atoms with Crippen molar-refractivity contribution in [1.82, 2.24) is 10.2 Å². The van der Waals surface area contributed by atoms with Gasteiger partial charge in [-0.2, -0.15) is 0 Å². The zero-order valence-corrected chi connectivity index (χ0v) is 19.0. The molecule has 2 aromatic rings. The van der Waals surface area contributed by atoms with Gasteiger partial charge in [-0.25, -0.2) is 0 Å². The number of nitrogens with one attached hydrogen (secondary N) is 1. The molecule has 0 bridgehead atoms. The average Bonchev–Trinajstić information content (AvgIpc) is 2.71. The van der Waals surface area contributed by atoms with Crippen molar-refractivity contribution in [3.8, 4) is 5.75 Å². The number of hydrogen-bond donors (Lipinski definition) is 1. The average molecular weight is 411 g/mol. The SMILES string of the molecule is CC[C@H](C)NC(=O)[C@H](C)N(Cc1cccc(C)c1)C(=O)COc1cc(C)ccc1C. The van der Waals surface area contributed by atoms with Crippen LogP contribution in [0, 0.1) is 20.8 Å². The molecule has 0 heterocycles. The van der Waals surface area contributed by atoms with Gasteiger partial charge >= 0.3 is 0 Å². The number of rotatable bonds is 9. The third-order valence-electron chi connectivity index (χ3n) is 5.30. The summed E-state index contributed by atoms with van der Waals surface area (Å²) in [6.45, 7) is 11.9. The van der Waals surface area contributed by atoms with Crippen molar-refractivity contribution >= 4 is 11.8 Å². The van der Waals surface area contributed by atoms with E-state index in [9.17, 15) is 9.59 Å². The summed E-state index contributed by atoms with van der Waals surface area (Å²) >= 11 is 0. The number of ether oxygens (including phenoxy) is 1. The van der Waals surface area contributed by atoms with E-state index in [2.05, 4.69) is 5.32 Å². The molecule has 5 nitrogen and oxygen atoms in total. The highest BCUT2D eigenvalue weighted by Gasteiger charge is 2.27. The van der Waals surface area contributed by atoms with Crippen molar-refractivity contribution in [2.75, 3.05) is 6.61 Å². The Morgan fingerprint density at radius 2 is 1.73 bits per heavy atom. The lowest BCUT2D eigenvalue weighted by Crippen LogP contribution is -2.50. The molecular formula is C25H34N2O3. The van der Waals surface area contributed by atoms with Crippen LogP contribution in [0.2, 0.25) is 0 Å². The fraction of sp³-hybridized carbons (Fsp3) is 0.440. The standard InChI is InChI=1S/C25H34N2O3/c1-7-20(5)26-25(29)21(6)27(15-22-10-8-9-17(2)13-22)24(28)16-30-23-14-18(3)11-12-19(23)4/h8-14,20-21H,7,15-16H2,1-6H3,(H,26,29)/t20-,21-/m0/s1. The summed E-state index contributed by atoms with van der Waals surface area (Å²) in [6, 6.07) is 13.3. The molecule has 2 aromatic carbocycles. The number of amides is 2. The molecule has 0 radical (unpaired) electrons. The molecule has 0 aromatic heterocycles. The van der Waals surface area contributed by atoms with Gasteiger partial charge in [-0.1, -0.05) is 48.9 Å². The molecule has 162 valence electrons. The van der Waals surface area contributed by atoms with Crippen LogP contribution < -0.4 is 10.1 Å². The van der Waals surface area contributed by atoms with Gasteiger partial charge in [0.2, 0.25) is 5.91 Å². The van der Waals surface area contributed by atoms with Crippen LogP contribution in [0.1, 0.15) is 49.4 Å². The van der Waals surface area contributed by atoms with Gasteiger partial charge in [-0.15, -0.1) is 0 Å². The Kier molecular flexibility index (Phi) is 8.46. The van der Waals surface area contributed by atoms with Crippen LogP contribution in [-0.2, 0) is 16.1 Å². The van der Waals surface area contributed by atoms with Gasteiger partial charge in [0.25, 0.3) is 5.91 Å². The lowest BCUT2D eigenvalue weighted by Gasteiger charge is -2.29. The first-order chi connectivity index (χ1) is 14.2. The van der Waals surface area contributed by atoms with E-state index in [1.165, 1.54) is 0 Å². The third-order valence-corrected chi connectivity index (χ3v) is 5.30. The minimum atomic E-state index is -0.603. The van der Waals surface area contributed by atoms with Gasteiger partial charge in [-0.3, -0.25) is 9.59 Å². The van der Waals surface area contributed by atoms with E-state index in [0.717, 1.165) is 28.7 Å². The van der Waals surface area contributed by atoms with Crippen LogP contribution in [-0.4, -0.2) is 35.4 Å². The van der Waals surface area contributed by atoms with Crippen LogP contribution in [0.3, 0.4) is 0 Å². The quantitative estimate of drug-likeness (QED) is 0.670. The van der Waals surface area contributed by atoms with E-state index in [1.807, 2.05) is 77.1 Å². The molecule has 2 rings (SSSR count). The normalized spacial score (nSPS) is 12.7. The van der Waals surface area contributed by atoms with Gasteiger partial charge in [-0.05, 0) is 63.8 Å². The van der Waals surface area contributed by atoms with Gasteiger partial charge < -0.3 is 15.0 Å². The monoisotopic (exact) mass is 410 g/mol. The topological polar surface area (TPSA) is 58.6 Å². The number of hydrogen-bond acceptors (Lipinski definition) is 3. The summed E-state index contributed by atoms with van der Waals surface area (Å²) in [7, 11) is 0. The van der Waals surface area contributed by atoms with E-state index in [1.54, 1.807) is 11.8 Å². The maximum atomic E-state index is 13.1. The molecule has 0 aliphatic rings. The van der Waals surface area contributed by atoms with E-state index in [-0.39, 0.29) is 24.5 Å². The molecule has 0 saturated carbocycles. The molecule has 0 aliphatic heterocycles. The summed E-state index contributed by atoms with van der Waals surface area (Å²) in [5.41, 5.74) is 4.14. The van der Waals surface area contributed by atoms with Crippen LogP contribution in [0.4, 0.5) is 0 Å². The van der Waals surface area contributed by atoms with Crippen molar-refractivity contribution in [3.05, 3.63) is 64.7 Å². The second-order valence-corrected chi connectivity index (χ2v) is 8.06. The van der Waals surface area contributed by atoms with Gasteiger partial charge in [0.05, 0.1) is 0 Å². The minimum absolute atomic E-state index is 0.0575. The first-order valence-corrected chi connectivity index (χ1v) is 10.6.